The third kappa shape index (κ3) is 5.08. The summed E-state index contributed by atoms with van der Waals surface area (Å²) in [5.74, 6) is 2.50. The van der Waals surface area contributed by atoms with Gasteiger partial charge in [0.2, 0.25) is 0 Å². The molecule has 0 atom stereocenters. The molecule has 7 nitrogen and oxygen atoms in total. The van der Waals surface area contributed by atoms with Crippen molar-refractivity contribution in [3.8, 4) is 5.75 Å². The van der Waals surface area contributed by atoms with Gasteiger partial charge in [0.1, 0.15) is 10.8 Å². The molecule has 3 aromatic carbocycles. The number of thioether (sulfide) groups is 1. The maximum absolute atomic E-state index is 5.28. The van der Waals surface area contributed by atoms with Crippen LogP contribution in [-0.4, -0.2) is 27.7 Å². The van der Waals surface area contributed by atoms with Crippen molar-refractivity contribution >= 4 is 17.6 Å². The number of rotatable bonds is 9. The van der Waals surface area contributed by atoms with Gasteiger partial charge in [-0.1, -0.05) is 72.8 Å². The first-order chi connectivity index (χ1) is 16.8. The van der Waals surface area contributed by atoms with Gasteiger partial charge in [-0.05, 0) is 28.8 Å². The molecule has 0 spiro atoms. The monoisotopic (exact) mass is 470 g/mol. The topological polar surface area (TPSA) is 66.7 Å². The molecule has 0 fully saturated rings. The Hall–Kier alpha value is -3.75. The molecule has 34 heavy (non-hydrogen) atoms. The first-order valence-electron chi connectivity index (χ1n) is 11.1. The summed E-state index contributed by atoms with van der Waals surface area (Å²) in [6, 6.07) is 28.9. The van der Waals surface area contributed by atoms with E-state index in [9.17, 15) is 0 Å². The van der Waals surface area contributed by atoms with Crippen LogP contribution >= 0.6 is 11.8 Å². The Morgan fingerprint density at radius 1 is 0.824 bits per heavy atom. The predicted molar refractivity (Wildman–Crippen MR) is 135 cm³/mol. The van der Waals surface area contributed by atoms with Gasteiger partial charge in [0.15, 0.2) is 5.84 Å². The molecule has 0 amide bonds. The molecule has 172 valence electrons. The number of benzene rings is 3. The molecule has 5 rings (SSSR count). The van der Waals surface area contributed by atoms with Crippen molar-refractivity contribution in [1.82, 2.24) is 25.9 Å². The van der Waals surface area contributed by atoms with Crippen LogP contribution in [0.2, 0.25) is 0 Å². The summed E-state index contributed by atoms with van der Waals surface area (Å²) < 4.78 is 7.34. The summed E-state index contributed by atoms with van der Waals surface area (Å²) in [4.78, 5) is 0. The van der Waals surface area contributed by atoms with Gasteiger partial charge in [0.05, 0.1) is 32.0 Å². The summed E-state index contributed by atoms with van der Waals surface area (Å²) in [5.41, 5.74) is 10.7. The average molecular weight is 471 g/mol. The number of nitrogens with one attached hydrogen (secondary N) is 2. The Morgan fingerprint density at radius 2 is 1.50 bits per heavy atom. The van der Waals surface area contributed by atoms with Crippen molar-refractivity contribution in [2.24, 2.45) is 5.10 Å². The number of hydrazone groups is 1. The molecule has 1 aromatic heterocycles. The summed E-state index contributed by atoms with van der Waals surface area (Å²) in [5, 5.41) is 12.4. The fourth-order valence-corrected chi connectivity index (χ4v) is 4.82. The Balaban J connectivity index is 1.41. The minimum Gasteiger partial charge on any atom is -0.497 e. The standard InChI is InChI=1S/C26H26N6OS/c1-33-23-14-12-21(13-15-23)17-31-25(28-29-30-31)24-16-27-32(18-20-8-4-2-5-9-20)26(24)34-19-22-10-6-3-7-11-22/h2-16,29-30H,17-19H2,1H3. The van der Waals surface area contributed by atoms with E-state index in [4.69, 9.17) is 9.84 Å². The lowest BCUT2D eigenvalue weighted by molar-refractivity contribution is 0.287. The van der Waals surface area contributed by atoms with Gasteiger partial charge in [-0.15, -0.1) is 22.4 Å². The Kier molecular flexibility index (Phi) is 6.78. The molecule has 0 bridgehead atoms. The third-order valence-electron chi connectivity index (χ3n) is 5.53. The second-order valence-electron chi connectivity index (χ2n) is 7.87. The van der Waals surface area contributed by atoms with Crippen molar-refractivity contribution in [2.45, 2.75) is 23.9 Å². The second kappa shape index (κ2) is 10.5. The minimum atomic E-state index is 0.641. The molecule has 8 heteroatoms. The average Bonchev–Trinajstić information content (AvgIpc) is 3.51. The lowest BCUT2D eigenvalue weighted by Gasteiger charge is -2.19. The van der Waals surface area contributed by atoms with E-state index >= 15 is 0 Å². The molecular weight excluding hydrogens is 444 g/mol. The fourth-order valence-electron chi connectivity index (χ4n) is 3.76. The Bertz CT molecular complexity index is 1240. The van der Waals surface area contributed by atoms with Crippen LogP contribution in [0.1, 0.15) is 22.3 Å². The highest BCUT2D eigenvalue weighted by molar-refractivity contribution is 7.98. The highest BCUT2D eigenvalue weighted by Gasteiger charge is 2.25. The van der Waals surface area contributed by atoms with Gasteiger partial charge >= 0.3 is 0 Å². The predicted octanol–water partition coefficient (Wildman–Crippen LogP) is 4.42. The first kappa shape index (κ1) is 22.1. The first-order valence-corrected chi connectivity index (χ1v) is 12.0. The van der Waals surface area contributed by atoms with Gasteiger partial charge in [-0.25, -0.2) is 5.53 Å². The van der Waals surface area contributed by atoms with Gasteiger partial charge in [-0.3, -0.25) is 9.69 Å². The second-order valence-corrected chi connectivity index (χ2v) is 8.84. The number of methoxy groups -OCH3 is 1. The van der Waals surface area contributed by atoms with Crippen LogP contribution in [0.4, 0.5) is 0 Å². The number of aromatic nitrogens is 2. The van der Waals surface area contributed by atoms with Crippen molar-refractivity contribution in [3.63, 3.8) is 0 Å². The van der Waals surface area contributed by atoms with Crippen LogP contribution < -0.4 is 15.8 Å². The number of nitrogens with zero attached hydrogens (tertiary/aromatic N) is 4. The number of amidine groups is 1. The van der Waals surface area contributed by atoms with E-state index in [0.29, 0.717) is 13.1 Å². The number of hydrogen-bond acceptors (Lipinski definition) is 7. The molecule has 0 aliphatic carbocycles. The molecule has 1 aliphatic rings. The van der Waals surface area contributed by atoms with Crippen molar-refractivity contribution in [3.05, 3.63) is 113 Å². The zero-order valence-electron chi connectivity index (χ0n) is 18.9. The van der Waals surface area contributed by atoms with E-state index in [1.165, 1.54) is 11.1 Å². The van der Waals surface area contributed by atoms with Crippen molar-refractivity contribution < 1.29 is 4.74 Å². The van der Waals surface area contributed by atoms with Crippen molar-refractivity contribution in [2.75, 3.05) is 7.11 Å². The van der Waals surface area contributed by atoms with Gasteiger partial charge in [-0.2, -0.15) is 5.10 Å². The fraction of sp³-hybridized carbons (Fsp3) is 0.154. The van der Waals surface area contributed by atoms with E-state index in [2.05, 4.69) is 81.5 Å². The number of ether oxygens (including phenoxy) is 1. The smallest absolute Gasteiger partial charge is 0.177 e. The van der Waals surface area contributed by atoms with E-state index < -0.39 is 0 Å². The summed E-state index contributed by atoms with van der Waals surface area (Å²) in [7, 11) is 1.67. The Morgan fingerprint density at radius 3 is 2.21 bits per heavy atom. The molecular formula is C26H26N6OS. The molecule has 2 N–H and O–H groups in total. The summed E-state index contributed by atoms with van der Waals surface area (Å²) in [6.07, 6.45) is 1.91. The lowest BCUT2D eigenvalue weighted by Crippen LogP contribution is -2.40. The van der Waals surface area contributed by atoms with Crippen LogP contribution in [0.25, 0.3) is 0 Å². The van der Waals surface area contributed by atoms with Crippen LogP contribution in [0.15, 0.2) is 101 Å². The normalized spacial score (nSPS) is 13.0. The highest BCUT2D eigenvalue weighted by Crippen LogP contribution is 2.29. The summed E-state index contributed by atoms with van der Waals surface area (Å²) >= 11 is 1.77. The lowest BCUT2D eigenvalue weighted by atomic mass is 10.2. The van der Waals surface area contributed by atoms with Crippen molar-refractivity contribution in [1.29, 1.82) is 0 Å². The van der Waals surface area contributed by atoms with Gasteiger partial charge in [0.25, 0.3) is 0 Å². The SMILES string of the molecule is COc1ccc(CN2NNN=C2c2cnn(Cc3ccccc3)c2SCc2ccccc2)cc1. The molecule has 1 aliphatic heterocycles. The maximum Gasteiger partial charge on any atom is 0.177 e. The molecule has 0 radical (unpaired) electrons. The molecule has 2 heterocycles. The minimum absolute atomic E-state index is 0.641. The van der Waals surface area contributed by atoms with Crippen LogP contribution in [0.5, 0.6) is 5.75 Å². The quantitative estimate of drug-likeness (QED) is 0.353. The van der Waals surface area contributed by atoms with Crippen LogP contribution in [0.3, 0.4) is 0 Å². The van der Waals surface area contributed by atoms with E-state index in [1.807, 2.05) is 35.5 Å². The molecule has 0 saturated heterocycles. The van der Waals surface area contributed by atoms with E-state index in [0.717, 1.165) is 33.5 Å². The zero-order chi connectivity index (χ0) is 23.2. The van der Waals surface area contributed by atoms with Gasteiger partial charge < -0.3 is 4.74 Å². The largest absolute Gasteiger partial charge is 0.497 e. The van der Waals surface area contributed by atoms with E-state index in [1.54, 1.807) is 18.9 Å². The summed E-state index contributed by atoms with van der Waals surface area (Å²) in [6.45, 7) is 1.34. The third-order valence-corrected chi connectivity index (χ3v) is 6.71. The molecule has 0 saturated carbocycles. The van der Waals surface area contributed by atoms with Crippen LogP contribution in [0, 0.1) is 0 Å². The highest BCUT2D eigenvalue weighted by atomic mass is 32.2. The maximum atomic E-state index is 5.28. The van der Waals surface area contributed by atoms with Gasteiger partial charge in [0, 0.05) is 5.75 Å². The Labute approximate surface area is 203 Å². The molecule has 4 aromatic rings. The number of hydrazine groups is 2. The molecule has 0 unspecified atom stereocenters. The number of hydrogen-bond donors (Lipinski definition) is 2. The van der Waals surface area contributed by atoms with E-state index in [-0.39, 0.29) is 0 Å². The zero-order valence-corrected chi connectivity index (χ0v) is 19.7. The van der Waals surface area contributed by atoms with Crippen LogP contribution in [-0.2, 0) is 18.8 Å².